The van der Waals surface area contributed by atoms with E-state index in [1.54, 1.807) is 24.3 Å². The highest BCUT2D eigenvalue weighted by molar-refractivity contribution is 7.98. The summed E-state index contributed by atoms with van der Waals surface area (Å²) < 4.78 is 0. The molecule has 4 N–H and O–H groups in total. The van der Waals surface area contributed by atoms with Crippen molar-refractivity contribution in [1.82, 2.24) is 9.97 Å². The Bertz CT molecular complexity index is 1080. The molecule has 0 radical (unpaired) electrons. The Hall–Kier alpha value is -2.77. The Kier molecular flexibility index (Phi) is 6.06. The number of benzene rings is 2. The second-order valence-electron chi connectivity index (χ2n) is 6.31. The first-order chi connectivity index (χ1) is 13.3. The van der Waals surface area contributed by atoms with Crippen molar-refractivity contribution in [3.05, 3.63) is 80.1 Å². The topological polar surface area (TPSA) is 101 Å². The Morgan fingerprint density at radius 3 is 2.61 bits per heavy atom. The number of nitrogens with zero attached hydrogens (tertiary/aromatic N) is 1. The summed E-state index contributed by atoms with van der Waals surface area (Å²) in [5, 5.41) is 3.42. The molecule has 0 atom stereocenters. The van der Waals surface area contributed by atoms with Gasteiger partial charge in [-0.2, -0.15) is 0 Å². The molecule has 0 aliphatic rings. The number of thioether (sulfide) groups is 1. The molecule has 0 aliphatic heterocycles. The largest absolute Gasteiger partial charge is 0.382 e. The minimum Gasteiger partial charge on any atom is -0.382 e. The molecule has 1 heterocycles. The number of nitrogens with one attached hydrogen (secondary N) is 2. The summed E-state index contributed by atoms with van der Waals surface area (Å²) in [6.07, 6.45) is 0. The normalized spacial score (nSPS) is 10.7. The summed E-state index contributed by atoms with van der Waals surface area (Å²) in [6, 6.07) is 12.5. The molecule has 0 fully saturated rings. The van der Waals surface area contributed by atoms with Gasteiger partial charge in [0.25, 0.3) is 11.5 Å². The lowest BCUT2D eigenvalue weighted by atomic mass is 10.1. The van der Waals surface area contributed by atoms with Crippen LogP contribution in [0, 0.1) is 13.8 Å². The van der Waals surface area contributed by atoms with E-state index < -0.39 is 11.5 Å². The van der Waals surface area contributed by atoms with Gasteiger partial charge in [0.15, 0.2) is 11.0 Å². The number of hydrogen-bond donors (Lipinski definition) is 3. The molecule has 0 spiro atoms. The highest BCUT2D eigenvalue weighted by Gasteiger charge is 2.14. The standard InChI is InChI=1S/C20H19ClN4O2S/c1-11-3-4-12(2)14(9-11)10-28-20-24-17(22)16(19(27)25-20)23-18(26)13-5-7-15(21)8-6-13/h3-9H,10H2,1-2H3,(H,23,26)(H3,22,24,25,27). The molecule has 8 heteroatoms. The van der Waals surface area contributed by atoms with Gasteiger partial charge in [-0.1, -0.05) is 47.1 Å². The van der Waals surface area contributed by atoms with Gasteiger partial charge in [-0.05, 0) is 49.2 Å². The van der Waals surface area contributed by atoms with Crippen LogP contribution in [0.3, 0.4) is 0 Å². The lowest BCUT2D eigenvalue weighted by Gasteiger charge is -2.10. The molecule has 3 aromatic rings. The average molecular weight is 415 g/mol. The van der Waals surface area contributed by atoms with E-state index in [4.69, 9.17) is 17.3 Å². The van der Waals surface area contributed by atoms with E-state index in [9.17, 15) is 9.59 Å². The summed E-state index contributed by atoms with van der Waals surface area (Å²) in [4.78, 5) is 31.6. The number of carbonyl (C=O) groups excluding carboxylic acids is 1. The van der Waals surface area contributed by atoms with Gasteiger partial charge in [-0.15, -0.1) is 0 Å². The number of H-pyrrole nitrogens is 1. The van der Waals surface area contributed by atoms with Crippen LogP contribution >= 0.6 is 23.4 Å². The minimum atomic E-state index is -0.502. The summed E-state index contributed by atoms with van der Waals surface area (Å²) >= 11 is 7.19. The molecule has 6 nitrogen and oxygen atoms in total. The summed E-state index contributed by atoms with van der Waals surface area (Å²) in [6.45, 7) is 4.07. The van der Waals surface area contributed by atoms with E-state index in [2.05, 4.69) is 33.5 Å². The van der Waals surface area contributed by atoms with Gasteiger partial charge in [0, 0.05) is 16.3 Å². The molecule has 0 saturated carbocycles. The third kappa shape index (κ3) is 4.74. The number of carbonyl (C=O) groups is 1. The van der Waals surface area contributed by atoms with Crippen LogP contribution < -0.4 is 16.6 Å². The molecule has 0 bridgehead atoms. The quantitative estimate of drug-likeness (QED) is 0.429. The van der Waals surface area contributed by atoms with Crippen LogP contribution in [0.4, 0.5) is 11.5 Å². The Morgan fingerprint density at radius 2 is 1.93 bits per heavy atom. The zero-order valence-electron chi connectivity index (χ0n) is 15.4. The van der Waals surface area contributed by atoms with Gasteiger partial charge in [-0.3, -0.25) is 14.6 Å². The second-order valence-corrected chi connectivity index (χ2v) is 7.71. The van der Waals surface area contributed by atoms with E-state index in [-0.39, 0.29) is 11.5 Å². The van der Waals surface area contributed by atoms with E-state index in [1.165, 1.54) is 22.9 Å². The molecule has 1 aromatic heterocycles. The van der Waals surface area contributed by atoms with Gasteiger partial charge >= 0.3 is 0 Å². The number of aryl methyl sites for hydroxylation is 2. The molecule has 2 aromatic carbocycles. The maximum absolute atomic E-state index is 12.4. The minimum absolute atomic E-state index is 0.0328. The fourth-order valence-electron chi connectivity index (χ4n) is 2.55. The fourth-order valence-corrected chi connectivity index (χ4v) is 3.60. The van der Waals surface area contributed by atoms with Crippen LogP contribution in [-0.4, -0.2) is 15.9 Å². The number of rotatable bonds is 5. The van der Waals surface area contributed by atoms with Crippen LogP contribution in [-0.2, 0) is 5.75 Å². The van der Waals surface area contributed by atoms with Crippen molar-refractivity contribution in [3.8, 4) is 0 Å². The Balaban J connectivity index is 1.75. The third-order valence-corrected chi connectivity index (χ3v) is 5.31. The van der Waals surface area contributed by atoms with Crippen LogP contribution in [0.5, 0.6) is 0 Å². The van der Waals surface area contributed by atoms with Crippen molar-refractivity contribution in [2.75, 3.05) is 11.1 Å². The summed E-state index contributed by atoms with van der Waals surface area (Å²) in [5.74, 6) is 0.146. The third-order valence-electron chi connectivity index (χ3n) is 4.14. The van der Waals surface area contributed by atoms with Gasteiger partial charge in [0.05, 0.1) is 0 Å². The predicted molar refractivity (Wildman–Crippen MR) is 114 cm³/mol. The molecule has 144 valence electrons. The van der Waals surface area contributed by atoms with Crippen molar-refractivity contribution >= 4 is 40.8 Å². The number of nitrogen functional groups attached to an aromatic ring is 1. The predicted octanol–water partition coefficient (Wildman–Crippen LogP) is 4.17. The molecule has 3 rings (SSSR count). The first-order valence-electron chi connectivity index (χ1n) is 8.49. The van der Waals surface area contributed by atoms with Gasteiger partial charge in [0.2, 0.25) is 0 Å². The zero-order valence-corrected chi connectivity index (χ0v) is 16.9. The monoisotopic (exact) mass is 414 g/mol. The molecular weight excluding hydrogens is 396 g/mol. The molecule has 0 saturated heterocycles. The maximum atomic E-state index is 12.4. The number of anilines is 2. The molecule has 1 amide bonds. The number of nitrogens with two attached hydrogens (primary N) is 1. The first kappa shape index (κ1) is 20.0. The first-order valence-corrected chi connectivity index (χ1v) is 9.85. The van der Waals surface area contributed by atoms with Crippen LogP contribution in [0.1, 0.15) is 27.0 Å². The fraction of sp³-hybridized carbons (Fsp3) is 0.150. The maximum Gasteiger partial charge on any atom is 0.277 e. The Morgan fingerprint density at radius 1 is 1.21 bits per heavy atom. The number of halogens is 1. The summed E-state index contributed by atoms with van der Waals surface area (Å²) in [5.41, 5.74) is 9.19. The number of amides is 1. The molecular formula is C20H19ClN4O2S. The van der Waals surface area contributed by atoms with E-state index in [0.29, 0.717) is 21.5 Å². The second kappa shape index (κ2) is 8.50. The average Bonchev–Trinajstić information content (AvgIpc) is 2.66. The Labute approximate surface area is 171 Å². The van der Waals surface area contributed by atoms with Crippen molar-refractivity contribution in [3.63, 3.8) is 0 Å². The van der Waals surface area contributed by atoms with Crippen molar-refractivity contribution < 1.29 is 4.79 Å². The van der Waals surface area contributed by atoms with E-state index in [0.717, 1.165) is 5.56 Å². The highest BCUT2D eigenvalue weighted by Crippen LogP contribution is 2.23. The van der Waals surface area contributed by atoms with Crippen molar-refractivity contribution in [1.29, 1.82) is 0 Å². The smallest absolute Gasteiger partial charge is 0.277 e. The van der Waals surface area contributed by atoms with Crippen molar-refractivity contribution in [2.45, 2.75) is 24.8 Å². The van der Waals surface area contributed by atoms with Gasteiger partial charge < -0.3 is 11.1 Å². The van der Waals surface area contributed by atoms with Crippen LogP contribution in [0.2, 0.25) is 5.02 Å². The lowest BCUT2D eigenvalue weighted by Crippen LogP contribution is -2.23. The van der Waals surface area contributed by atoms with Crippen molar-refractivity contribution in [2.24, 2.45) is 0 Å². The SMILES string of the molecule is Cc1ccc(C)c(CSc2nc(N)c(NC(=O)c3ccc(Cl)cc3)c(=O)[nH]2)c1. The number of hydrogen-bond acceptors (Lipinski definition) is 5. The highest BCUT2D eigenvalue weighted by atomic mass is 35.5. The number of aromatic nitrogens is 2. The van der Waals surface area contributed by atoms with Crippen LogP contribution in [0.25, 0.3) is 0 Å². The number of aromatic amines is 1. The molecule has 0 aliphatic carbocycles. The lowest BCUT2D eigenvalue weighted by molar-refractivity contribution is 0.102. The van der Waals surface area contributed by atoms with Gasteiger partial charge in [-0.25, -0.2) is 4.98 Å². The van der Waals surface area contributed by atoms with E-state index >= 15 is 0 Å². The molecule has 28 heavy (non-hydrogen) atoms. The summed E-state index contributed by atoms with van der Waals surface area (Å²) in [7, 11) is 0. The zero-order chi connectivity index (χ0) is 20.3. The van der Waals surface area contributed by atoms with Crippen LogP contribution in [0.15, 0.2) is 52.4 Å². The molecule has 0 unspecified atom stereocenters. The van der Waals surface area contributed by atoms with Gasteiger partial charge in [0.1, 0.15) is 5.69 Å². The van der Waals surface area contributed by atoms with E-state index in [1.807, 2.05) is 13.8 Å².